The van der Waals surface area contributed by atoms with Crippen LogP contribution in [0.3, 0.4) is 0 Å². The number of ether oxygens (including phenoxy) is 1. The second-order valence-electron chi connectivity index (χ2n) is 4.81. The Morgan fingerprint density at radius 2 is 2.00 bits per heavy atom. The molecule has 1 amide bonds. The summed E-state index contributed by atoms with van der Waals surface area (Å²) < 4.78 is 5.43. The second kappa shape index (κ2) is 12.5. The molecule has 0 bridgehead atoms. The molecule has 1 rings (SSSR count). The molecule has 0 saturated heterocycles. The first-order valence-electron chi connectivity index (χ1n) is 7.44. The fourth-order valence-corrected chi connectivity index (χ4v) is 1.98. The molecule has 1 aromatic carbocycles. The summed E-state index contributed by atoms with van der Waals surface area (Å²) in [5.41, 5.74) is 6.49. The Morgan fingerprint density at radius 1 is 1.24 bits per heavy atom. The van der Waals surface area contributed by atoms with E-state index < -0.39 is 0 Å². The van der Waals surface area contributed by atoms with Gasteiger partial charge in [0, 0.05) is 13.0 Å². The average molecular weight is 315 g/mol. The molecule has 1 aromatic rings. The number of amides is 1. The molecule has 0 unspecified atom stereocenters. The van der Waals surface area contributed by atoms with Crippen molar-refractivity contribution in [3.63, 3.8) is 0 Å². The van der Waals surface area contributed by atoms with Crippen LogP contribution < -0.4 is 15.8 Å². The van der Waals surface area contributed by atoms with Crippen LogP contribution in [0.4, 0.5) is 0 Å². The number of hydrogen-bond acceptors (Lipinski definition) is 3. The summed E-state index contributed by atoms with van der Waals surface area (Å²) in [6, 6.07) is 7.82. The minimum Gasteiger partial charge on any atom is -0.494 e. The largest absolute Gasteiger partial charge is 0.494 e. The third kappa shape index (κ3) is 9.32. The Morgan fingerprint density at radius 3 is 2.71 bits per heavy atom. The third-order valence-electron chi connectivity index (χ3n) is 3.06. The number of nitrogens with one attached hydrogen (secondary N) is 1. The van der Waals surface area contributed by atoms with Crippen LogP contribution >= 0.6 is 12.4 Å². The molecule has 0 radical (unpaired) electrons. The van der Waals surface area contributed by atoms with Crippen LogP contribution in [0.5, 0.6) is 5.75 Å². The monoisotopic (exact) mass is 314 g/mol. The van der Waals surface area contributed by atoms with Crippen molar-refractivity contribution < 1.29 is 9.53 Å². The maximum absolute atomic E-state index is 11.7. The lowest BCUT2D eigenvalue weighted by atomic mass is 10.1. The number of carbonyl (C=O) groups is 1. The number of unbranched alkanes of at least 4 members (excludes halogenated alkanes) is 3. The molecule has 0 saturated carbocycles. The zero-order valence-corrected chi connectivity index (χ0v) is 13.6. The molecule has 0 aliphatic heterocycles. The molecule has 0 fully saturated rings. The summed E-state index contributed by atoms with van der Waals surface area (Å²) in [6.45, 7) is 3.91. The van der Waals surface area contributed by atoms with Gasteiger partial charge in [-0.3, -0.25) is 4.79 Å². The first kappa shape index (κ1) is 19.7. The van der Waals surface area contributed by atoms with E-state index in [-0.39, 0.29) is 18.3 Å². The van der Waals surface area contributed by atoms with Gasteiger partial charge in [0.2, 0.25) is 5.91 Å². The van der Waals surface area contributed by atoms with E-state index in [2.05, 4.69) is 5.32 Å². The highest BCUT2D eigenvalue weighted by Crippen LogP contribution is 2.13. The van der Waals surface area contributed by atoms with Crippen LogP contribution in [0.15, 0.2) is 24.3 Å². The van der Waals surface area contributed by atoms with Gasteiger partial charge in [0.1, 0.15) is 5.75 Å². The van der Waals surface area contributed by atoms with Crippen molar-refractivity contribution in [1.82, 2.24) is 5.32 Å². The zero-order valence-electron chi connectivity index (χ0n) is 12.8. The molecular formula is C16H27ClN2O2. The van der Waals surface area contributed by atoms with Gasteiger partial charge in [-0.25, -0.2) is 0 Å². The minimum absolute atomic E-state index is 0. The topological polar surface area (TPSA) is 64.3 Å². The third-order valence-corrected chi connectivity index (χ3v) is 3.06. The van der Waals surface area contributed by atoms with Crippen molar-refractivity contribution in [2.75, 3.05) is 13.2 Å². The lowest BCUT2D eigenvalue weighted by Gasteiger charge is -2.08. The van der Waals surface area contributed by atoms with Crippen LogP contribution in [0, 0.1) is 0 Å². The molecule has 120 valence electrons. The number of benzene rings is 1. The molecule has 0 atom stereocenters. The van der Waals surface area contributed by atoms with Crippen LogP contribution in [-0.2, 0) is 11.3 Å². The van der Waals surface area contributed by atoms with Gasteiger partial charge >= 0.3 is 0 Å². The molecule has 21 heavy (non-hydrogen) atoms. The highest BCUT2D eigenvalue weighted by molar-refractivity contribution is 5.85. The van der Waals surface area contributed by atoms with Crippen molar-refractivity contribution >= 4 is 18.3 Å². The van der Waals surface area contributed by atoms with Gasteiger partial charge in [-0.05, 0) is 44.0 Å². The van der Waals surface area contributed by atoms with Crippen LogP contribution in [0.1, 0.15) is 44.6 Å². The quantitative estimate of drug-likeness (QED) is 0.652. The van der Waals surface area contributed by atoms with Gasteiger partial charge in [0.15, 0.2) is 0 Å². The Hall–Kier alpha value is -1.26. The summed E-state index contributed by atoms with van der Waals surface area (Å²) in [5, 5.41) is 2.94. The van der Waals surface area contributed by atoms with E-state index >= 15 is 0 Å². The normalized spacial score (nSPS) is 9.81. The lowest BCUT2D eigenvalue weighted by Crippen LogP contribution is -2.22. The zero-order chi connectivity index (χ0) is 14.6. The molecule has 0 heterocycles. The van der Waals surface area contributed by atoms with Gasteiger partial charge in [0.05, 0.1) is 6.61 Å². The number of nitrogens with two attached hydrogens (primary N) is 1. The fraction of sp³-hybridized carbons (Fsp3) is 0.562. The summed E-state index contributed by atoms with van der Waals surface area (Å²) in [7, 11) is 0. The molecule has 3 N–H and O–H groups in total. The van der Waals surface area contributed by atoms with Gasteiger partial charge in [-0.2, -0.15) is 0 Å². The first-order valence-corrected chi connectivity index (χ1v) is 7.44. The van der Waals surface area contributed by atoms with Crippen LogP contribution in [0.2, 0.25) is 0 Å². The highest BCUT2D eigenvalue weighted by Gasteiger charge is 2.02. The second-order valence-corrected chi connectivity index (χ2v) is 4.81. The fourth-order valence-electron chi connectivity index (χ4n) is 1.98. The molecule has 5 heteroatoms. The smallest absolute Gasteiger partial charge is 0.220 e. The molecular weight excluding hydrogens is 288 g/mol. The minimum atomic E-state index is 0. The van der Waals surface area contributed by atoms with Gasteiger partial charge in [0.25, 0.3) is 0 Å². The van der Waals surface area contributed by atoms with E-state index in [1.54, 1.807) is 0 Å². The van der Waals surface area contributed by atoms with Crippen molar-refractivity contribution in [3.05, 3.63) is 29.8 Å². The molecule has 4 nitrogen and oxygen atoms in total. The Labute approximate surface area is 133 Å². The van der Waals surface area contributed by atoms with E-state index in [0.717, 1.165) is 43.5 Å². The number of carbonyl (C=O) groups excluding carboxylic acids is 1. The highest BCUT2D eigenvalue weighted by atomic mass is 35.5. The van der Waals surface area contributed by atoms with E-state index in [1.165, 1.54) is 0 Å². The lowest BCUT2D eigenvalue weighted by molar-refractivity contribution is -0.121. The molecule has 0 aliphatic rings. The van der Waals surface area contributed by atoms with Gasteiger partial charge in [-0.1, -0.05) is 25.0 Å². The number of rotatable bonds is 10. The Bertz CT molecular complexity index is 400. The number of hydrogen-bond donors (Lipinski definition) is 2. The summed E-state index contributed by atoms with van der Waals surface area (Å²) in [4.78, 5) is 11.7. The molecule has 0 aliphatic carbocycles. The summed E-state index contributed by atoms with van der Waals surface area (Å²) in [6.07, 6.45) is 4.76. The number of halogens is 1. The first-order chi connectivity index (χ1) is 9.76. The molecule has 0 spiro atoms. The van der Waals surface area contributed by atoms with Gasteiger partial charge < -0.3 is 15.8 Å². The maximum Gasteiger partial charge on any atom is 0.220 e. The van der Waals surface area contributed by atoms with Crippen molar-refractivity contribution in [3.8, 4) is 5.75 Å². The standard InChI is InChI=1S/C16H26N2O2.ClH/c1-2-20-15-9-7-8-14(12-15)13-18-16(19)10-5-3-4-6-11-17;/h7-9,12H,2-6,10-11,13,17H2,1H3,(H,18,19);1H. The van der Waals surface area contributed by atoms with Crippen LogP contribution in [-0.4, -0.2) is 19.1 Å². The van der Waals surface area contributed by atoms with E-state index in [1.807, 2.05) is 31.2 Å². The van der Waals surface area contributed by atoms with E-state index in [4.69, 9.17) is 10.5 Å². The predicted molar refractivity (Wildman–Crippen MR) is 88.8 cm³/mol. The summed E-state index contributed by atoms with van der Waals surface area (Å²) >= 11 is 0. The maximum atomic E-state index is 11.7. The van der Waals surface area contributed by atoms with Crippen molar-refractivity contribution in [2.24, 2.45) is 5.73 Å². The van der Waals surface area contributed by atoms with E-state index in [9.17, 15) is 4.79 Å². The Kier molecular flexibility index (Phi) is 11.7. The average Bonchev–Trinajstić information content (AvgIpc) is 2.46. The van der Waals surface area contributed by atoms with Crippen molar-refractivity contribution in [1.29, 1.82) is 0 Å². The van der Waals surface area contributed by atoms with Gasteiger partial charge in [-0.15, -0.1) is 12.4 Å². The molecule has 0 aromatic heterocycles. The van der Waals surface area contributed by atoms with E-state index in [0.29, 0.717) is 19.6 Å². The predicted octanol–water partition coefficient (Wildman–Crippen LogP) is 3.03. The van der Waals surface area contributed by atoms with Crippen molar-refractivity contribution in [2.45, 2.75) is 45.6 Å². The summed E-state index contributed by atoms with van der Waals surface area (Å²) in [5.74, 6) is 0.959. The Balaban J connectivity index is 0.00000400. The van der Waals surface area contributed by atoms with Crippen LogP contribution in [0.25, 0.3) is 0 Å². The SMILES string of the molecule is CCOc1cccc(CNC(=O)CCCCCCN)c1.Cl.